The number of rotatable bonds is 3. The maximum absolute atomic E-state index is 11.8. The average Bonchev–Trinajstić information content (AvgIpc) is 2.78. The summed E-state index contributed by atoms with van der Waals surface area (Å²) < 4.78 is 6.77. The predicted molar refractivity (Wildman–Crippen MR) is 70.3 cm³/mol. The van der Waals surface area contributed by atoms with E-state index in [9.17, 15) is 14.7 Å². The van der Waals surface area contributed by atoms with Gasteiger partial charge in [0, 0.05) is 17.2 Å². The van der Waals surface area contributed by atoms with Crippen LogP contribution in [0.5, 0.6) is 0 Å². The first-order valence-electron chi connectivity index (χ1n) is 6.13. The third-order valence-electron chi connectivity index (χ3n) is 3.25. The van der Waals surface area contributed by atoms with Gasteiger partial charge in [0.2, 0.25) is 0 Å². The normalized spacial score (nSPS) is 23.7. The van der Waals surface area contributed by atoms with Crippen molar-refractivity contribution in [2.75, 3.05) is 0 Å². The van der Waals surface area contributed by atoms with Crippen molar-refractivity contribution in [3.05, 3.63) is 32.6 Å². The molecule has 0 amide bonds. The molecule has 0 saturated carbocycles. The third kappa shape index (κ3) is 2.84. The fourth-order valence-electron chi connectivity index (χ4n) is 2.16. The number of ether oxygens (including phenoxy) is 1. The van der Waals surface area contributed by atoms with E-state index in [2.05, 4.69) is 4.98 Å². The Hall–Kier alpha value is -1.27. The molecule has 1 aromatic heterocycles. The second-order valence-electron chi connectivity index (χ2n) is 4.72. The van der Waals surface area contributed by atoms with E-state index in [4.69, 9.17) is 20.4 Å². The molecule has 8 heteroatoms. The van der Waals surface area contributed by atoms with Crippen LogP contribution in [0.3, 0.4) is 0 Å². The Kier molecular flexibility index (Phi) is 3.73. The lowest BCUT2D eigenvalue weighted by Gasteiger charge is -2.27. The molecule has 2 heterocycles. The van der Waals surface area contributed by atoms with Crippen LogP contribution in [0.2, 0.25) is 0 Å². The lowest BCUT2D eigenvalue weighted by Crippen LogP contribution is -2.43. The zero-order chi connectivity index (χ0) is 14.2. The second kappa shape index (κ2) is 5.02. The van der Waals surface area contributed by atoms with Gasteiger partial charge in [-0.05, 0) is 19.3 Å². The van der Waals surface area contributed by atoms with Gasteiger partial charge in [0.25, 0.3) is 5.56 Å². The van der Waals surface area contributed by atoms with Gasteiger partial charge in [-0.25, -0.2) is 4.79 Å². The molecule has 2 atom stereocenters. The lowest BCUT2D eigenvalue weighted by atomic mass is 9.61. The largest absolute Gasteiger partial charge is 0.407 e. The van der Waals surface area contributed by atoms with Gasteiger partial charge < -0.3 is 9.84 Å². The zero-order valence-electron chi connectivity index (χ0n) is 10.6. The Labute approximate surface area is 112 Å². The predicted octanol–water partition coefficient (Wildman–Crippen LogP) is -1.24. The molecule has 4 radical (unpaired) electrons. The molecule has 0 spiro atoms. The Morgan fingerprint density at radius 3 is 2.74 bits per heavy atom. The molecule has 1 saturated heterocycles. The summed E-state index contributed by atoms with van der Waals surface area (Å²) in [5, 5.41) is 7.55. The van der Waals surface area contributed by atoms with Gasteiger partial charge in [0.05, 0.1) is 6.10 Å². The molecule has 1 fully saturated rings. The Morgan fingerprint density at radius 2 is 2.21 bits per heavy atom. The van der Waals surface area contributed by atoms with Crippen molar-refractivity contribution in [3.8, 4) is 0 Å². The quantitative estimate of drug-likeness (QED) is 0.665. The smallest absolute Gasteiger partial charge is 0.330 e. The number of aromatic amines is 1. The van der Waals surface area contributed by atoms with E-state index in [1.54, 1.807) is 0 Å². The fourth-order valence-corrected chi connectivity index (χ4v) is 2.16. The van der Waals surface area contributed by atoms with Crippen LogP contribution >= 0.6 is 0 Å². The van der Waals surface area contributed by atoms with E-state index < -0.39 is 29.0 Å². The van der Waals surface area contributed by atoms with Crippen LogP contribution in [0, 0.1) is 0 Å². The van der Waals surface area contributed by atoms with Crippen molar-refractivity contribution >= 4 is 15.7 Å². The molecule has 6 nitrogen and oxygen atoms in total. The number of nitrogens with one attached hydrogen (secondary N) is 1. The van der Waals surface area contributed by atoms with Crippen molar-refractivity contribution in [1.29, 1.82) is 0 Å². The van der Waals surface area contributed by atoms with Gasteiger partial charge in [-0.2, -0.15) is 0 Å². The van der Waals surface area contributed by atoms with Crippen LogP contribution in [0.25, 0.3) is 0 Å². The van der Waals surface area contributed by atoms with Gasteiger partial charge in [-0.15, -0.1) is 0 Å². The Bertz CT molecular complexity index is 575. The van der Waals surface area contributed by atoms with Crippen molar-refractivity contribution in [1.82, 2.24) is 9.55 Å². The standard InChI is InChI=1S/C11H14B2N2O4/c1-2-6-5-15(10(17)14-9(6)16)8-4-3-7(19-8)11(12,13)18/h5,7-8,18H,2-4H2,1H3,(H,14,16,17). The van der Waals surface area contributed by atoms with Crippen molar-refractivity contribution in [2.24, 2.45) is 0 Å². The first-order valence-corrected chi connectivity index (χ1v) is 6.13. The van der Waals surface area contributed by atoms with Gasteiger partial charge in [0.1, 0.15) is 21.9 Å². The number of hydrogen-bond donors (Lipinski definition) is 2. The summed E-state index contributed by atoms with van der Waals surface area (Å²) >= 11 is 0. The van der Waals surface area contributed by atoms with E-state index in [0.29, 0.717) is 24.8 Å². The molecule has 1 aliphatic rings. The molecule has 2 N–H and O–H groups in total. The summed E-state index contributed by atoms with van der Waals surface area (Å²) in [6, 6.07) is 0. The fraction of sp³-hybridized carbons (Fsp3) is 0.636. The molecule has 19 heavy (non-hydrogen) atoms. The van der Waals surface area contributed by atoms with E-state index in [1.165, 1.54) is 10.8 Å². The average molecular weight is 260 g/mol. The molecule has 1 aromatic rings. The highest BCUT2D eigenvalue weighted by Gasteiger charge is 2.35. The summed E-state index contributed by atoms with van der Waals surface area (Å²) in [6.07, 6.45) is 1.56. The molecule has 1 aliphatic heterocycles. The molecular formula is C11H14B2N2O4. The van der Waals surface area contributed by atoms with Crippen LogP contribution in [-0.2, 0) is 11.2 Å². The highest BCUT2D eigenvalue weighted by Crippen LogP contribution is 2.30. The summed E-state index contributed by atoms with van der Waals surface area (Å²) in [5.74, 6) is 0. The minimum Gasteiger partial charge on any atom is -0.407 e. The van der Waals surface area contributed by atoms with Crippen LogP contribution in [0.1, 0.15) is 31.6 Å². The summed E-state index contributed by atoms with van der Waals surface area (Å²) in [4.78, 5) is 25.5. The summed E-state index contributed by atoms with van der Waals surface area (Å²) in [5.41, 5.74) is -0.458. The maximum atomic E-state index is 11.8. The first kappa shape index (κ1) is 14.1. The number of hydrogen-bond acceptors (Lipinski definition) is 4. The van der Waals surface area contributed by atoms with Crippen LogP contribution < -0.4 is 11.2 Å². The molecule has 0 bridgehead atoms. The maximum Gasteiger partial charge on any atom is 0.330 e. The molecule has 2 unspecified atom stereocenters. The van der Waals surface area contributed by atoms with Crippen LogP contribution in [0.4, 0.5) is 0 Å². The number of aliphatic hydroxyl groups is 1. The minimum absolute atomic E-state index is 0.396. The second-order valence-corrected chi connectivity index (χ2v) is 4.72. The van der Waals surface area contributed by atoms with Gasteiger partial charge in [-0.1, -0.05) is 6.92 Å². The van der Waals surface area contributed by atoms with Crippen LogP contribution in [0.15, 0.2) is 15.8 Å². The molecule has 0 aromatic carbocycles. The number of aryl methyl sites for hydroxylation is 1. The van der Waals surface area contributed by atoms with E-state index in [0.717, 1.165) is 0 Å². The number of aromatic nitrogens is 2. The SMILES string of the molecule is [B]C([B])(O)C1CCC(n2cc(CC)c(=O)[nH]c2=O)O1. The first-order chi connectivity index (χ1) is 8.82. The van der Waals surface area contributed by atoms with E-state index >= 15 is 0 Å². The lowest BCUT2D eigenvalue weighted by molar-refractivity contribution is -0.0503. The van der Waals surface area contributed by atoms with Gasteiger partial charge in [-0.3, -0.25) is 14.3 Å². The monoisotopic (exact) mass is 260 g/mol. The molecule has 2 rings (SSSR count). The molecule has 98 valence electrons. The van der Waals surface area contributed by atoms with E-state index in [-0.39, 0.29) is 0 Å². The molecule has 0 aliphatic carbocycles. The minimum atomic E-state index is -1.94. The Morgan fingerprint density at radius 1 is 1.53 bits per heavy atom. The summed E-state index contributed by atoms with van der Waals surface area (Å²) in [6.45, 7) is 1.82. The van der Waals surface area contributed by atoms with Gasteiger partial charge >= 0.3 is 5.69 Å². The van der Waals surface area contributed by atoms with Crippen molar-refractivity contribution < 1.29 is 9.84 Å². The zero-order valence-corrected chi connectivity index (χ0v) is 10.6. The Balaban J connectivity index is 2.30. The number of nitrogens with zero attached hydrogens (tertiary/aromatic N) is 1. The van der Waals surface area contributed by atoms with Crippen molar-refractivity contribution in [2.45, 2.75) is 43.9 Å². The van der Waals surface area contributed by atoms with E-state index in [1.807, 2.05) is 6.92 Å². The third-order valence-corrected chi connectivity index (χ3v) is 3.25. The van der Waals surface area contributed by atoms with Gasteiger partial charge in [0.15, 0.2) is 0 Å². The highest BCUT2D eigenvalue weighted by molar-refractivity contribution is 6.39. The molecular weight excluding hydrogens is 246 g/mol. The van der Waals surface area contributed by atoms with Crippen LogP contribution in [-0.4, -0.2) is 41.9 Å². The number of H-pyrrole nitrogens is 1. The highest BCUT2D eigenvalue weighted by atomic mass is 16.5. The summed E-state index contributed by atoms with van der Waals surface area (Å²) in [7, 11) is 10.7. The topological polar surface area (TPSA) is 84.3 Å². The van der Waals surface area contributed by atoms with Crippen molar-refractivity contribution in [3.63, 3.8) is 0 Å².